The van der Waals surface area contributed by atoms with Gasteiger partial charge in [0.2, 0.25) is 5.78 Å². The Bertz CT molecular complexity index is 865. The maximum Gasteiger partial charge on any atom is 0.232 e. The minimum Gasteiger partial charge on any atom is -0.489 e. The van der Waals surface area contributed by atoms with Gasteiger partial charge in [-0.05, 0) is 43.2 Å². The van der Waals surface area contributed by atoms with Crippen LogP contribution in [0.1, 0.15) is 28.4 Å². The van der Waals surface area contributed by atoms with Gasteiger partial charge in [-0.3, -0.25) is 4.79 Å². The maximum atomic E-state index is 13.8. The molecule has 0 fully saturated rings. The van der Waals surface area contributed by atoms with Gasteiger partial charge in [-0.15, -0.1) is 0 Å². The fraction of sp³-hybridized carbons (Fsp3) is 0.150. The van der Waals surface area contributed by atoms with E-state index in [1.165, 1.54) is 12.1 Å². The van der Waals surface area contributed by atoms with Crippen LogP contribution in [0, 0.1) is 12.7 Å². The van der Waals surface area contributed by atoms with Crippen molar-refractivity contribution in [3.8, 4) is 11.5 Å². The molecule has 2 aromatic rings. The highest BCUT2D eigenvalue weighted by molar-refractivity contribution is 6.15. The molecule has 3 rings (SSSR count). The summed E-state index contributed by atoms with van der Waals surface area (Å²) < 4.78 is 25.0. The molecule has 3 nitrogen and oxygen atoms in total. The van der Waals surface area contributed by atoms with Crippen molar-refractivity contribution in [1.29, 1.82) is 0 Å². The van der Waals surface area contributed by atoms with Crippen LogP contribution >= 0.6 is 0 Å². The van der Waals surface area contributed by atoms with Gasteiger partial charge in [-0.2, -0.15) is 0 Å². The van der Waals surface area contributed by atoms with Crippen LogP contribution in [0.3, 0.4) is 0 Å². The molecule has 0 saturated carbocycles. The monoisotopic (exact) mass is 324 g/mol. The smallest absolute Gasteiger partial charge is 0.232 e. The van der Waals surface area contributed by atoms with Gasteiger partial charge in [0.05, 0.1) is 5.56 Å². The van der Waals surface area contributed by atoms with Gasteiger partial charge < -0.3 is 9.47 Å². The fourth-order valence-electron chi connectivity index (χ4n) is 2.50. The van der Waals surface area contributed by atoms with Gasteiger partial charge in [0.15, 0.2) is 5.76 Å². The summed E-state index contributed by atoms with van der Waals surface area (Å²) in [5.41, 5.74) is 2.45. The van der Waals surface area contributed by atoms with Crippen LogP contribution < -0.4 is 9.47 Å². The molecule has 1 heterocycles. The van der Waals surface area contributed by atoms with Crippen molar-refractivity contribution in [2.24, 2.45) is 0 Å². The zero-order chi connectivity index (χ0) is 17.3. The lowest BCUT2D eigenvalue weighted by atomic mass is 10.0. The van der Waals surface area contributed by atoms with Crippen LogP contribution in [0.2, 0.25) is 0 Å². The second-order valence-corrected chi connectivity index (χ2v) is 5.82. The Morgan fingerprint density at radius 1 is 1.33 bits per heavy atom. The first-order chi connectivity index (χ1) is 11.5. The molecule has 0 spiro atoms. The molecule has 122 valence electrons. The average molecular weight is 324 g/mol. The summed E-state index contributed by atoms with van der Waals surface area (Å²) in [5.74, 6) is 0.487. The van der Waals surface area contributed by atoms with E-state index < -0.39 is 5.82 Å². The number of allylic oxidation sites excluding steroid dienone is 1. The Labute approximate surface area is 140 Å². The number of carbonyl (C=O) groups excluding carboxylic acids is 1. The Kier molecular flexibility index (Phi) is 4.21. The number of ether oxygens (including phenoxy) is 2. The van der Waals surface area contributed by atoms with E-state index >= 15 is 0 Å². The number of halogens is 1. The Morgan fingerprint density at radius 2 is 2.08 bits per heavy atom. The summed E-state index contributed by atoms with van der Waals surface area (Å²) in [5, 5.41) is 0. The van der Waals surface area contributed by atoms with Crippen LogP contribution in [-0.4, -0.2) is 12.4 Å². The SMILES string of the molecule is C=C(C)COc1cc(C)c2c(c1)O/C(=C\c1ccccc1F)C2=O. The predicted molar refractivity (Wildman–Crippen MR) is 90.8 cm³/mol. The number of rotatable bonds is 4. The molecule has 1 aliphatic heterocycles. The van der Waals surface area contributed by atoms with E-state index in [-0.39, 0.29) is 11.5 Å². The molecule has 2 aromatic carbocycles. The number of benzene rings is 2. The van der Waals surface area contributed by atoms with Gasteiger partial charge in [0, 0.05) is 11.6 Å². The van der Waals surface area contributed by atoms with Crippen molar-refractivity contribution in [1.82, 2.24) is 0 Å². The number of carbonyl (C=O) groups is 1. The van der Waals surface area contributed by atoms with Crippen LogP contribution in [-0.2, 0) is 0 Å². The van der Waals surface area contributed by atoms with Gasteiger partial charge in [-0.25, -0.2) is 4.39 Å². The van der Waals surface area contributed by atoms with Crippen molar-refractivity contribution < 1.29 is 18.7 Å². The largest absolute Gasteiger partial charge is 0.489 e. The summed E-state index contributed by atoms with van der Waals surface area (Å²) in [6, 6.07) is 9.69. The maximum absolute atomic E-state index is 13.8. The molecule has 0 bridgehead atoms. The number of hydrogen-bond acceptors (Lipinski definition) is 3. The zero-order valence-electron chi connectivity index (χ0n) is 13.6. The molecule has 1 aliphatic rings. The molecular formula is C20H17FO3. The summed E-state index contributed by atoms with van der Waals surface area (Å²) in [4.78, 5) is 12.5. The summed E-state index contributed by atoms with van der Waals surface area (Å²) in [6.07, 6.45) is 1.42. The molecule has 24 heavy (non-hydrogen) atoms. The molecule has 0 radical (unpaired) electrons. The number of aryl methyl sites for hydroxylation is 1. The first-order valence-electron chi connectivity index (χ1n) is 7.56. The third-order valence-electron chi connectivity index (χ3n) is 3.62. The molecule has 4 heteroatoms. The average Bonchev–Trinajstić information content (AvgIpc) is 2.84. The highest BCUT2D eigenvalue weighted by Crippen LogP contribution is 2.37. The van der Waals surface area contributed by atoms with E-state index in [0.29, 0.717) is 29.2 Å². The lowest BCUT2D eigenvalue weighted by Gasteiger charge is -2.08. The fourth-order valence-corrected chi connectivity index (χ4v) is 2.50. The van der Waals surface area contributed by atoms with E-state index in [0.717, 1.165) is 11.1 Å². The van der Waals surface area contributed by atoms with E-state index in [2.05, 4.69) is 6.58 Å². The minimum atomic E-state index is -0.403. The standard InChI is InChI=1S/C20H17FO3/c1-12(2)11-23-15-8-13(3)19-17(10-15)24-18(20(19)22)9-14-6-4-5-7-16(14)21/h4-10H,1,11H2,2-3H3/b18-9-. The Hall–Kier alpha value is -2.88. The van der Waals surface area contributed by atoms with Gasteiger partial charge in [-0.1, -0.05) is 24.8 Å². The Morgan fingerprint density at radius 3 is 2.79 bits per heavy atom. The van der Waals surface area contributed by atoms with Crippen molar-refractivity contribution in [2.75, 3.05) is 6.61 Å². The topological polar surface area (TPSA) is 35.5 Å². The normalized spacial score (nSPS) is 14.5. The third-order valence-corrected chi connectivity index (χ3v) is 3.62. The van der Waals surface area contributed by atoms with E-state index in [4.69, 9.17) is 9.47 Å². The van der Waals surface area contributed by atoms with Crippen LogP contribution in [0.15, 0.2) is 54.3 Å². The molecule has 0 saturated heterocycles. The molecular weight excluding hydrogens is 307 g/mol. The van der Waals surface area contributed by atoms with E-state index in [1.807, 2.05) is 13.8 Å². The molecule has 0 N–H and O–H groups in total. The van der Waals surface area contributed by atoms with Gasteiger partial charge in [0.25, 0.3) is 0 Å². The molecule has 0 aliphatic carbocycles. The highest BCUT2D eigenvalue weighted by atomic mass is 19.1. The van der Waals surface area contributed by atoms with E-state index in [9.17, 15) is 9.18 Å². The van der Waals surface area contributed by atoms with Crippen molar-refractivity contribution in [3.63, 3.8) is 0 Å². The van der Waals surface area contributed by atoms with Crippen LogP contribution in [0.5, 0.6) is 11.5 Å². The second kappa shape index (κ2) is 6.32. The number of ketones is 1. The quantitative estimate of drug-likeness (QED) is 0.604. The predicted octanol–water partition coefficient (Wildman–Crippen LogP) is 4.71. The minimum absolute atomic E-state index is 0.107. The second-order valence-electron chi connectivity index (χ2n) is 5.82. The van der Waals surface area contributed by atoms with Crippen molar-refractivity contribution in [3.05, 3.63) is 76.8 Å². The first-order valence-corrected chi connectivity index (χ1v) is 7.56. The van der Waals surface area contributed by atoms with E-state index in [1.54, 1.807) is 30.3 Å². The first kappa shape index (κ1) is 16.0. The number of hydrogen-bond donors (Lipinski definition) is 0. The van der Waals surface area contributed by atoms with Gasteiger partial charge in [0.1, 0.15) is 23.9 Å². The van der Waals surface area contributed by atoms with Crippen LogP contribution in [0.4, 0.5) is 4.39 Å². The molecule has 0 amide bonds. The molecule has 0 atom stereocenters. The zero-order valence-corrected chi connectivity index (χ0v) is 13.6. The summed E-state index contributed by atoms with van der Waals surface area (Å²) in [6.45, 7) is 7.87. The Balaban J connectivity index is 1.94. The molecule has 0 aromatic heterocycles. The lowest BCUT2D eigenvalue weighted by Crippen LogP contribution is -2.01. The van der Waals surface area contributed by atoms with Crippen LogP contribution in [0.25, 0.3) is 6.08 Å². The number of Topliss-reactive ketones (excluding diaryl/α,β-unsaturated/α-hetero) is 1. The van der Waals surface area contributed by atoms with Crippen molar-refractivity contribution in [2.45, 2.75) is 13.8 Å². The lowest BCUT2D eigenvalue weighted by molar-refractivity contribution is 0.101. The van der Waals surface area contributed by atoms with Crippen molar-refractivity contribution >= 4 is 11.9 Å². The summed E-state index contributed by atoms with van der Waals surface area (Å²) >= 11 is 0. The summed E-state index contributed by atoms with van der Waals surface area (Å²) in [7, 11) is 0. The number of fused-ring (bicyclic) bond motifs is 1. The highest BCUT2D eigenvalue weighted by Gasteiger charge is 2.30. The third kappa shape index (κ3) is 3.08. The van der Waals surface area contributed by atoms with Gasteiger partial charge >= 0.3 is 0 Å². The molecule has 0 unspecified atom stereocenters.